The van der Waals surface area contributed by atoms with Gasteiger partial charge in [-0.25, -0.2) is 0 Å². The number of rotatable bonds is 3. The Bertz CT molecular complexity index is 467. The lowest BCUT2D eigenvalue weighted by Gasteiger charge is -2.34. The van der Waals surface area contributed by atoms with Gasteiger partial charge in [-0.2, -0.15) is 0 Å². The average molecular weight is 275 g/mol. The van der Waals surface area contributed by atoms with Gasteiger partial charge in [0.2, 0.25) is 11.8 Å². The van der Waals surface area contributed by atoms with Gasteiger partial charge in [-0.15, -0.1) is 0 Å². The summed E-state index contributed by atoms with van der Waals surface area (Å²) in [5, 5.41) is 0. The predicted octanol–water partition coefficient (Wildman–Crippen LogP) is 0.813. The zero-order valence-corrected chi connectivity index (χ0v) is 12.1. The summed E-state index contributed by atoms with van der Waals surface area (Å²) in [6.45, 7) is 4.92. The second kappa shape index (κ2) is 6.52. The minimum Gasteiger partial charge on any atom is -0.340 e. The van der Waals surface area contributed by atoms with E-state index in [2.05, 4.69) is 4.90 Å². The van der Waals surface area contributed by atoms with E-state index in [1.165, 1.54) is 0 Å². The van der Waals surface area contributed by atoms with Crippen LogP contribution in [0.3, 0.4) is 0 Å². The van der Waals surface area contributed by atoms with Crippen LogP contribution < -0.4 is 4.90 Å². The van der Waals surface area contributed by atoms with E-state index in [1.807, 2.05) is 35.2 Å². The highest BCUT2D eigenvalue weighted by Crippen LogP contribution is 2.12. The summed E-state index contributed by atoms with van der Waals surface area (Å²) in [6, 6.07) is 9.62. The van der Waals surface area contributed by atoms with E-state index >= 15 is 0 Å². The van der Waals surface area contributed by atoms with Crippen LogP contribution in [0.15, 0.2) is 30.3 Å². The van der Waals surface area contributed by atoms with Gasteiger partial charge in [-0.3, -0.25) is 14.5 Å². The number of carbonyl (C=O) groups is 2. The Balaban J connectivity index is 1.85. The summed E-state index contributed by atoms with van der Waals surface area (Å²) in [5.41, 5.74) is 0.903. The molecule has 2 amide bonds. The van der Waals surface area contributed by atoms with Crippen molar-refractivity contribution in [1.29, 1.82) is 0 Å². The molecule has 1 heterocycles. The van der Waals surface area contributed by atoms with Crippen molar-refractivity contribution in [3.05, 3.63) is 30.3 Å². The van der Waals surface area contributed by atoms with Crippen LogP contribution in [0, 0.1) is 0 Å². The SMILES string of the molecule is CC(=O)N1CCN(CC(=O)N(C)c2ccccc2)CC1. The first-order valence-electron chi connectivity index (χ1n) is 6.87. The van der Waals surface area contributed by atoms with Crippen LogP contribution in [0.5, 0.6) is 0 Å². The number of benzene rings is 1. The van der Waals surface area contributed by atoms with Crippen LogP contribution in [-0.4, -0.2) is 61.4 Å². The highest BCUT2D eigenvalue weighted by molar-refractivity contribution is 5.94. The third-order valence-corrected chi connectivity index (χ3v) is 3.69. The molecule has 1 saturated heterocycles. The molecular weight excluding hydrogens is 254 g/mol. The lowest BCUT2D eigenvalue weighted by Crippen LogP contribution is -2.50. The van der Waals surface area contributed by atoms with E-state index in [0.29, 0.717) is 19.6 Å². The van der Waals surface area contributed by atoms with E-state index in [-0.39, 0.29) is 11.8 Å². The number of carbonyl (C=O) groups excluding carboxylic acids is 2. The van der Waals surface area contributed by atoms with Crippen molar-refractivity contribution in [3.8, 4) is 0 Å². The Morgan fingerprint density at radius 1 is 1.10 bits per heavy atom. The molecule has 108 valence electrons. The number of para-hydroxylation sites is 1. The van der Waals surface area contributed by atoms with Gasteiger partial charge in [0, 0.05) is 45.8 Å². The van der Waals surface area contributed by atoms with Gasteiger partial charge < -0.3 is 9.80 Å². The standard InChI is InChI=1S/C15H21N3O2/c1-13(19)18-10-8-17(9-11-18)12-15(20)16(2)14-6-4-3-5-7-14/h3-7H,8-12H2,1-2H3. The Morgan fingerprint density at radius 2 is 1.70 bits per heavy atom. The summed E-state index contributed by atoms with van der Waals surface area (Å²) >= 11 is 0. The molecule has 0 saturated carbocycles. The van der Waals surface area contributed by atoms with Crippen LogP contribution in [-0.2, 0) is 9.59 Å². The molecule has 0 unspecified atom stereocenters. The molecule has 1 fully saturated rings. The molecule has 0 spiro atoms. The zero-order valence-electron chi connectivity index (χ0n) is 12.1. The fourth-order valence-electron chi connectivity index (χ4n) is 2.31. The molecule has 0 aromatic heterocycles. The maximum Gasteiger partial charge on any atom is 0.240 e. The summed E-state index contributed by atoms with van der Waals surface area (Å²) in [4.78, 5) is 29.1. The first kappa shape index (κ1) is 14.5. The predicted molar refractivity (Wildman–Crippen MR) is 78.5 cm³/mol. The lowest BCUT2D eigenvalue weighted by atomic mass is 10.2. The van der Waals surface area contributed by atoms with Crippen LogP contribution in [0.2, 0.25) is 0 Å². The van der Waals surface area contributed by atoms with Crippen LogP contribution >= 0.6 is 0 Å². The van der Waals surface area contributed by atoms with Crippen molar-refractivity contribution in [2.24, 2.45) is 0 Å². The van der Waals surface area contributed by atoms with E-state index in [9.17, 15) is 9.59 Å². The molecule has 5 heteroatoms. The van der Waals surface area contributed by atoms with Crippen molar-refractivity contribution >= 4 is 17.5 Å². The minimum atomic E-state index is 0.0764. The molecule has 1 aliphatic heterocycles. The molecule has 1 aromatic rings. The van der Waals surface area contributed by atoms with Crippen molar-refractivity contribution in [2.75, 3.05) is 44.7 Å². The van der Waals surface area contributed by atoms with Crippen molar-refractivity contribution < 1.29 is 9.59 Å². The van der Waals surface area contributed by atoms with Crippen molar-refractivity contribution in [1.82, 2.24) is 9.80 Å². The van der Waals surface area contributed by atoms with Gasteiger partial charge in [-0.05, 0) is 12.1 Å². The third kappa shape index (κ3) is 3.57. The van der Waals surface area contributed by atoms with E-state index < -0.39 is 0 Å². The minimum absolute atomic E-state index is 0.0764. The topological polar surface area (TPSA) is 43.9 Å². The van der Waals surface area contributed by atoms with Crippen LogP contribution in [0.1, 0.15) is 6.92 Å². The second-order valence-corrected chi connectivity index (χ2v) is 5.07. The number of likely N-dealkylation sites (N-methyl/N-ethyl adjacent to an activating group) is 1. The van der Waals surface area contributed by atoms with E-state index in [4.69, 9.17) is 0 Å². The quantitative estimate of drug-likeness (QED) is 0.820. The molecule has 0 atom stereocenters. The van der Waals surface area contributed by atoms with Gasteiger partial charge in [-0.1, -0.05) is 18.2 Å². The molecule has 20 heavy (non-hydrogen) atoms. The third-order valence-electron chi connectivity index (χ3n) is 3.69. The Hall–Kier alpha value is -1.88. The molecule has 5 nitrogen and oxygen atoms in total. The number of nitrogens with zero attached hydrogens (tertiary/aromatic N) is 3. The number of amides is 2. The molecule has 0 aliphatic carbocycles. The number of anilines is 1. The van der Waals surface area contributed by atoms with Crippen molar-refractivity contribution in [2.45, 2.75) is 6.92 Å². The first-order valence-corrected chi connectivity index (χ1v) is 6.87. The summed E-state index contributed by atoms with van der Waals surface area (Å²) < 4.78 is 0. The van der Waals surface area contributed by atoms with Gasteiger partial charge in [0.1, 0.15) is 0 Å². The normalized spacial score (nSPS) is 16.0. The highest BCUT2D eigenvalue weighted by Gasteiger charge is 2.21. The largest absolute Gasteiger partial charge is 0.340 e. The summed E-state index contributed by atoms with van der Waals surface area (Å²) in [5.74, 6) is 0.185. The number of piperazine rings is 1. The fourth-order valence-corrected chi connectivity index (χ4v) is 2.31. The molecule has 0 N–H and O–H groups in total. The van der Waals surface area contributed by atoms with Crippen LogP contribution in [0.4, 0.5) is 5.69 Å². The van der Waals surface area contributed by atoms with E-state index in [0.717, 1.165) is 18.8 Å². The Kier molecular flexibility index (Phi) is 4.74. The monoisotopic (exact) mass is 275 g/mol. The lowest BCUT2D eigenvalue weighted by molar-refractivity contribution is -0.130. The summed E-state index contributed by atoms with van der Waals surface area (Å²) in [6.07, 6.45) is 0. The maximum absolute atomic E-state index is 12.2. The van der Waals surface area contributed by atoms with Crippen LogP contribution in [0.25, 0.3) is 0 Å². The Morgan fingerprint density at radius 3 is 2.25 bits per heavy atom. The van der Waals surface area contributed by atoms with Gasteiger partial charge >= 0.3 is 0 Å². The maximum atomic E-state index is 12.2. The number of hydrogen-bond donors (Lipinski definition) is 0. The molecule has 0 bridgehead atoms. The number of hydrogen-bond acceptors (Lipinski definition) is 3. The van der Waals surface area contributed by atoms with Gasteiger partial charge in [0.05, 0.1) is 6.54 Å². The van der Waals surface area contributed by atoms with E-state index in [1.54, 1.807) is 18.9 Å². The molecule has 1 aromatic carbocycles. The fraction of sp³-hybridized carbons (Fsp3) is 0.467. The summed E-state index contributed by atoms with van der Waals surface area (Å²) in [7, 11) is 1.80. The average Bonchev–Trinajstić information content (AvgIpc) is 2.48. The first-order chi connectivity index (χ1) is 9.58. The molecular formula is C15H21N3O2. The smallest absolute Gasteiger partial charge is 0.240 e. The van der Waals surface area contributed by atoms with Crippen molar-refractivity contribution in [3.63, 3.8) is 0 Å². The highest BCUT2D eigenvalue weighted by atomic mass is 16.2. The second-order valence-electron chi connectivity index (χ2n) is 5.07. The van der Waals surface area contributed by atoms with Gasteiger partial charge in [0.25, 0.3) is 0 Å². The molecule has 0 radical (unpaired) electrons. The molecule has 2 rings (SSSR count). The Labute approximate surface area is 119 Å². The van der Waals surface area contributed by atoms with Gasteiger partial charge in [0.15, 0.2) is 0 Å². The molecule has 1 aliphatic rings. The zero-order chi connectivity index (χ0) is 14.5.